The normalized spacial score (nSPS) is 12.4. The number of ether oxygens (including phenoxy) is 1. The fourth-order valence-corrected chi connectivity index (χ4v) is 3.13. The molecule has 0 radical (unpaired) electrons. The highest BCUT2D eigenvalue weighted by atomic mass is 35.5. The van der Waals surface area contributed by atoms with Crippen molar-refractivity contribution in [3.8, 4) is 5.75 Å². The Kier molecular flexibility index (Phi) is 4.32. The molecule has 0 saturated carbocycles. The molecule has 0 bridgehead atoms. The zero-order valence-electron chi connectivity index (χ0n) is 9.32. The topological polar surface area (TPSA) is 9.23 Å². The number of methoxy groups -OCH3 is 1. The summed E-state index contributed by atoms with van der Waals surface area (Å²) in [6.07, 6.45) is 0.706. The summed E-state index contributed by atoms with van der Waals surface area (Å²) in [5.74, 6) is 0.849. The molecule has 0 fully saturated rings. The summed E-state index contributed by atoms with van der Waals surface area (Å²) in [4.78, 5) is 1.05. The summed E-state index contributed by atoms with van der Waals surface area (Å²) in [7, 11) is 1.66. The lowest BCUT2D eigenvalue weighted by molar-refractivity contribution is 0.412. The Labute approximate surface area is 115 Å². The van der Waals surface area contributed by atoms with Crippen LogP contribution in [0.3, 0.4) is 0 Å². The van der Waals surface area contributed by atoms with E-state index in [1.807, 2.05) is 35.7 Å². The fraction of sp³-hybridized carbons (Fsp3) is 0.231. The summed E-state index contributed by atoms with van der Waals surface area (Å²) in [6, 6.07) is 9.70. The van der Waals surface area contributed by atoms with E-state index < -0.39 is 0 Å². The van der Waals surface area contributed by atoms with Crippen LogP contribution in [0.15, 0.2) is 35.7 Å². The molecular weight excluding hydrogens is 275 g/mol. The summed E-state index contributed by atoms with van der Waals surface area (Å²) in [6.45, 7) is 0. The van der Waals surface area contributed by atoms with Crippen molar-refractivity contribution in [2.24, 2.45) is 0 Å². The molecule has 0 aliphatic rings. The van der Waals surface area contributed by atoms with Crippen molar-refractivity contribution < 1.29 is 4.74 Å². The molecule has 1 aromatic heterocycles. The van der Waals surface area contributed by atoms with E-state index in [1.54, 1.807) is 18.4 Å². The molecule has 0 amide bonds. The number of hydrogen-bond donors (Lipinski definition) is 0. The van der Waals surface area contributed by atoms with E-state index in [0.29, 0.717) is 6.42 Å². The van der Waals surface area contributed by atoms with E-state index in [-0.39, 0.29) is 5.38 Å². The van der Waals surface area contributed by atoms with Crippen LogP contribution in [0.4, 0.5) is 0 Å². The quantitative estimate of drug-likeness (QED) is 0.724. The minimum absolute atomic E-state index is 0.107. The molecule has 0 aliphatic carbocycles. The SMILES string of the molecule is COc1ccsc1C(Cl)Cc1ccccc1Cl. The predicted molar refractivity (Wildman–Crippen MR) is 74.6 cm³/mol. The third-order valence-electron chi connectivity index (χ3n) is 2.52. The fourth-order valence-electron chi connectivity index (χ4n) is 1.66. The highest BCUT2D eigenvalue weighted by Crippen LogP contribution is 2.37. The van der Waals surface area contributed by atoms with Crippen LogP contribution < -0.4 is 4.74 Å². The first kappa shape index (κ1) is 12.7. The summed E-state index contributed by atoms with van der Waals surface area (Å²) in [5.41, 5.74) is 1.06. The van der Waals surface area contributed by atoms with Gasteiger partial charge in [0, 0.05) is 5.02 Å². The zero-order chi connectivity index (χ0) is 12.3. The van der Waals surface area contributed by atoms with Crippen molar-refractivity contribution in [3.63, 3.8) is 0 Å². The van der Waals surface area contributed by atoms with E-state index in [0.717, 1.165) is 21.2 Å². The van der Waals surface area contributed by atoms with Gasteiger partial charge in [-0.15, -0.1) is 22.9 Å². The van der Waals surface area contributed by atoms with Gasteiger partial charge in [-0.1, -0.05) is 29.8 Å². The molecule has 0 aliphatic heterocycles. The van der Waals surface area contributed by atoms with Gasteiger partial charge in [-0.2, -0.15) is 0 Å². The lowest BCUT2D eigenvalue weighted by Gasteiger charge is -2.11. The van der Waals surface area contributed by atoms with Crippen LogP contribution in [-0.4, -0.2) is 7.11 Å². The molecule has 1 aromatic carbocycles. The summed E-state index contributed by atoms with van der Waals surface area (Å²) >= 11 is 14.1. The Balaban J connectivity index is 2.17. The van der Waals surface area contributed by atoms with Crippen LogP contribution in [0, 0.1) is 0 Å². The monoisotopic (exact) mass is 286 g/mol. The second kappa shape index (κ2) is 5.76. The molecule has 1 nitrogen and oxygen atoms in total. The third-order valence-corrected chi connectivity index (χ3v) is 4.40. The van der Waals surface area contributed by atoms with Crippen molar-refractivity contribution >= 4 is 34.5 Å². The number of halogens is 2. The molecular formula is C13H12Cl2OS. The minimum Gasteiger partial charge on any atom is -0.496 e. The molecule has 0 spiro atoms. The maximum Gasteiger partial charge on any atom is 0.134 e. The van der Waals surface area contributed by atoms with Gasteiger partial charge in [-0.05, 0) is 29.5 Å². The van der Waals surface area contributed by atoms with Crippen LogP contribution >= 0.6 is 34.5 Å². The molecule has 0 N–H and O–H groups in total. The van der Waals surface area contributed by atoms with Crippen LogP contribution in [0.5, 0.6) is 5.75 Å². The van der Waals surface area contributed by atoms with E-state index >= 15 is 0 Å². The van der Waals surface area contributed by atoms with Gasteiger partial charge in [0.05, 0.1) is 17.4 Å². The maximum atomic E-state index is 6.41. The Bertz CT molecular complexity index is 496. The van der Waals surface area contributed by atoms with Gasteiger partial charge in [0.2, 0.25) is 0 Å². The van der Waals surface area contributed by atoms with Gasteiger partial charge in [0.25, 0.3) is 0 Å². The maximum absolute atomic E-state index is 6.41. The van der Waals surface area contributed by atoms with Crippen molar-refractivity contribution in [1.29, 1.82) is 0 Å². The summed E-state index contributed by atoms with van der Waals surface area (Å²) in [5, 5.41) is 2.63. The minimum atomic E-state index is -0.107. The molecule has 2 rings (SSSR count). The number of thiophene rings is 1. The Morgan fingerprint density at radius 1 is 1.29 bits per heavy atom. The predicted octanol–water partition coefficient (Wildman–Crippen LogP) is 4.93. The smallest absolute Gasteiger partial charge is 0.134 e. The molecule has 17 heavy (non-hydrogen) atoms. The van der Waals surface area contributed by atoms with E-state index in [1.165, 1.54) is 0 Å². The van der Waals surface area contributed by atoms with Crippen LogP contribution in [0.1, 0.15) is 15.8 Å². The largest absolute Gasteiger partial charge is 0.496 e. The van der Waals surface area contributed by atoms with Gasteiger partial charge in [-0.25, -0.2) is 0 Å². The van der Waals surface area contributed by atoms with Crippen LogP contribution in [0.2, 0.25) is 5.02 Å². The summed E-state index contributed by atoms with van der Waals surface area (Å²) < 4.78 is 5.27. The van der Waals surface area contributed by atoms with Gasteiger partial charge in [0.15, 0.2) is 0 Å². The van der Waals surface area contributed by atoms with Gasteiger partial charge >= 0.3 is 0 Å². The first-order valence-electron chi connectivity index (χ1n) is 5.21. The standard InChI is InChI=1S/C13H12Cl2OS/c1-16-12-6-7-17-13(12)11(15)8-9-4-2-3-5-10(9)14/h2-7,11H,8H2,1H3. The van der Waals surface area contributed by atoms with Gasteiger partial charge in [-0.3, -0.25) is 0 Å². The lowest BCUT2D eigenvalue weighted by Crippen LogP contribution is -1.96. The van der Waals surface area contributed by atoms with Crippen LogP contribution in [0.25, 0.3) is 0 Å². The molecule has 1 atom stereocenters. The van der Waals surface area contributed by atoms with E-state index in [2.05, 4.69) is 0 Å². The highest BCUT2D eigenvalue weighted by Gasteiger charge is 2.16. The molecule has 4 heteroatoms. The molecule has 1 unspecified atom stereocenters. The van der Waals surface area contributed by atoms with Crippen molar-refractivity contribution in [3.05, 3.63) is 51.2 Å². The average Bonchev–Trinajstić information content (AvgIpc) is 2.80. The Morgan fingerprint density at radius 2 is 2.06 bits per heavy atom. The van der Waals surface area contributed by atoms with Crippen molar-refractivity contribution in [2.45, 2.75) is 11.8 Å². The number of hydrogen-bond acceptors (Lipinski definition) is 2. The zero-order valence-corrected chi connectivity index (χ0v) is 11.6. The second-order valence-electron chi connectivity index (χ2n) is 3.62. The van der Waals surface area contributed by atoms with E-state index in [4.69, 9.17) is 27.9 Å². The number of rotatable bonds is 4. The Hall–Kier alpha value is -0.700. The van der Waals surface area contributed by atoms with Crippen molar-refractivity contribution in [1.82, 2.24) is 0 Å². The van der Waals surface area contributed by atoms with Crippen molar-refractivity contribution in [2.75, 3.05) is 7.11 Å². The molecule has 90 valence electrons. The molecule has 1 heterocycles. The first-order chi connectivity index (χ1) is 8.22. The Morgan fingerprint density at radius 3 is 2.76 bits per heavy atom. The number of benzene rings is 1. The third kappa shape index (κ3) is 2.95. The van der Waals surface area contributed by atoms with Crippen LogP contribution in [-0.2, 0) is 6.42 Å². The number of alkyl halides is 1. The average molecular weight is 287 g/mol. The molecule has 2 aromatic rings. The first-order valence-corrected chi connectivity index (χ1v) is 6.90. The molecule has 0 saturated heterocycles. The van der Waals surface area contributed by atoms with E-state index in [9.17, 15) is 0 Å². The second-order valence-corrected chi connectivity index (χ2v) is 5.50. The van der Waals surface area contributed by atoms with Gasteiger partial charge in [0.1, 0.15) is 5.75 Å². The lowest BCUT2D eigenvalue weighted by atomic mass is 10.1. The highest BCUT2D eigenvalue weighted by molar-refractivity contribution is 7.10. The van der Waals surface area contributed by atoms with Gasteiger partial charge < -0.3 is 4.74 Å².